The van der Waals surface area contributed by atoms with Crippen LogP contribution in [0.25, 0.3) is 0 Å². The summed E-state index contributed by atoms with van der Waals surface area (Å²) in [5.41, 5.74) is 0. The van der Waals surface area contributed by atoms with Gasteiger partial charge in [0.1, 0.15) is 0 Å². The first-order valence-electron chi connectivity index (χ1n) is 6.78. The first kappa shape index (κ1) is 24.4. The summed E-state index contributed by atoms with van der Waals surface area (Å²) >= 11 is 0. The zero-order chi connectivity index (χ0) is 17.3. The minimum absolute atomic E-state index is 0.211. The smallest absolute Gasteiger partial charge is 0.304 e. The van der Waals surface area contributed by atoms with E-state index >= 15 is 0 Å². The molecular weight excluding hydrogens is 280 g/mol. The molecule has 0 saturated carbocycles. The topological polar surface area (TPSA) is 99.1 Å². The number of esters is 2. The van der Waals surface area contributed by atoms with Crippen molar-refractivity contribution in [3.05, 3.63) is 0 Å². The highest BCUT2D eigenvalue weighted by atomic mass is 16.7. The fourth-order valence-electron chi connectivity index (χ4n) is 0.865. The van der Waals surface area contributed by atoms with Crippen LogP contribution in [0.3, 0.4) is 0 Å². The van der Waals surface area contributed by atoms with Crippen molar-refractivity contribution < 1.29 is 33.7 Å². The minimum Gasteiger partial charge on any atom is -0.481 e. The van der Waals surface area contributed by atoms with Gasteiger partial charge in [0.2, 0.25) is 0 Å². The second kappa shape index (κ2) is 18.4. The summed E-state index contributed by atoms with van der Waals surface area (Å²) < 4.78 is 14.3. The Labute approximate surface area is 126 Å². The number of hydrogen-bond acceptors (Lipinski definition) is 6. The van der Waals surface area contributed by atoms with Crippen molar-refractivity contribution in [3.63, 3.8) is 0 Å². The average molecular weight is 308 g/mol. The lowest BCUT2D eigenvalue weighted by atomic mass is 10.4. The third-order valence-electron chi connectivity index (χ3n) is 1.53. The van der Waals surface area contributed by atoms with Gasteiger partial charge in [-0.05, 0) is 20.3 Å². The molecule has 7 heteroatoms. The van der Waals surface area contributed by atoms with Crippen molar-refractivity contribution in [2.24, 2.45) is 0 Å². The van der Waals surface area contributed by atoms with E-state index in [1.54, 1.807) is 13.8 Å². The van der Waals surface area contributed by atoms with Gasteiger partial charge in [-0.25, -0.2) is 0 Å². The first-order valence-corrected chi connectivity index (χ1v) is 6.78. The van der Waals surface area contributed by atoms with E-state index in [1.807, 2.05) is 0 Å². The van der Waals surface area contributed by atoms with Crippen molar-refractivity contribution in [2.75, 3.05) is 13.2 Å². The maximum absolute atomic E-state index is 10.4. The number of carboxylic acids is 1. The maximum atomic E-state index is 10.4. The summed E-state index contributed by atoms with van der Waals surface area (Å²) in [4.78, 5) is 29.2. The molecule has 0 heterocycles. The number of carbonyl (C=O) groups excluding carboxylic acids is 2. The number of aliphatic carboxylic acids is 1. The molecule has 0 spiro atoms. The largest absolute Gasteiger partial charge is 0.481 e. The number of hydrogen-bond donors (Lipinski definition) is 1. The van der Waals surface area contributed by atoms with Gasteiger partial charge in [-0.3, -0.25) is 14.4 Å². The lowest BCUT2D eigenvalue weighted by Crippen LogP contribution is -2.16. The second-order valence-electron chi connectivity index (χ2n) is 3.85. The Hall–Kier alpha value is -1.63. The molecule has 21 heavy (non-hydrogen) atoms. The van der Waals surface area contributed by atoms with Crippen molar-refractivity contribution in [3.8, 4) is 0 Å². The Morgan fingerprint density at radius 2 is 1.52 bits per heavy atom. The predicted octanol–water partition coefficient (Wildman–Crippen LogP) is 2.37. The Bertz CT molecular complexity index is 272. The molecule has 0 radical (unpaired) electrons. The predicted molar refractivity (Wildman–Crippen MR) is 77.7 cm³/mol. The first-order chi connectivity index (χ1) is 9.67. The van der Waals surface area contributed by atoms with Crippen molar-refractivity contribution in [1.82, 2.24) is 0 Å². The highest BCUT2D eigenvalue weighted by Gasteiger charge is 2.03. The molecule has 0 bridgehead atoms. The fraction of sp³-hybridized carbons (Fsp3) is 0.786. The molecule has 7 nitrogen and oxygen atoms in total. The summed E-state index contributed by atoms with van der Waals surface area (Å²) in [5.74, 6) is -1.34. The molecule has 0 aromatic rings. The Morgan fingerprint density at radius 1 is 1.05 bits per heavy atom. The molecule has 0 aromatic carbocycles. The number of rotatable bonds is 6. The van der Waals surface area contributed by atoms with Gasteiger partial charge in [-0.15, -0.1) is 0 Å². The van der Waals surface area contributed by atoms with Crippen molar-refractivity contribution >= 4 is 17.9 Å². The molecule has 0 rings (SSSR count). The zero-order valence-corrected chi connectivity index (χ0v) is 13.8. The van der Waals surface area contributed by atoms with Crippen molar-refractivity contribution in [1.29, 1.82) is 0 Å². The van der Waals surface area contributed by atoms with E-state index in [1.165, 1.54) is 13.8 Å². The van der Waals surface area contributed by atoms with Crippen LogP contribution < -0.4 is 0 Å². The van der Waals surface area contributed by atoms with Crippen LogP contribution in [0.15, 0.2) is 0 Å². The SMILES string of the molecule is CC(=O)O.CCCCOC(C)OC(C)=O.CCOC(C)=O. The van der Waals surface area contributed by atoms with Gasteiger partial charge in [-0.2, -0.15) is 0 Å². The van der Waals surface area contributed by atoms with Gasteiger partial charge in [0.25, 0.3) is 5.97 Å². The van der Waals surface area contributed by atoms with E-state index in [0.717, 1.165) is 19.8 Å². The summed E-state index contributed by atoms with van der Waals surface area (Å²) in [5, 5.41) is 7.42. The van der Waals surface area contributed by atoms with Crippen LogP contribution in [0.1, 0.15) is 54.4 Å². The van der Waals surface area contributed by atoms with E-state index < -0.39 is 12.3 Å². The third-order valence-corrected chi connectivity index (χ3v) is 1.53. The Morgan fingerprint density at radius 3 is 1.76 bits per heavy atom. The number of unbranched alkanes of at least 4 members (excludes halogenated alkanes) is 1. The van der Waals surface area contributed by atoms with Crippen LogP contribution in [0.5, 0.6) is 0 Å². The standard InChI is InChI=1S/C8H16O3.C4H8O2.C2H4O2/c1-4-5-6-10-8(3)11-7(2)9;1-3-6-4(2)5;1-2(3)4/h8H,4-6H2,1-3H3;3H2,1-2H3;1H3,(H,3,4). The Balaban J connectivity index is -0.000000272. The molecule has 1 atom stereocenters. The monoisotopic (exact) mass is 308 g/mol. The molecule has 1 unspecified atom stereocenters. The minimum atomic E-state index is -0.833. The maximum Gasteiger partial charge on any atom is 0.304 e. The molecular formula is C14H28O7. The molecule has 0 saturated heterocycles. The summed E-state index contributed by atoms with van der Waals surface area (Å²) in [6.07, 6.45) is 1.69. The van der Waals surface area contributed by atoms with E-state index in [-0.39, 0.29) is 11.9 Å². The van der Waals surface area contributed by atoms with E-state index in [2.05, 4.69) is 11.7 Å². The van der Waals surface area contributed by atoms with Gasteiger partial charge in [0.15, 0.2) is 6.29 Å². The Kier molecular flexibility index (Phi) is 21.3. The average Bonchev–Trinajstić information content (AvgIpc) is 2.28. The molecule has 0 aromatic heterocycles. The third kappa shape index (κ3) is 45.8. The lowest BCUT2D eigenvalue weighted by Gasteiger charge is -2.11. The van der Waals surface area contributed by atoms with Crippen LogP contribution >= 0.6 is 0 Å². The summed E-state index contributed by atoms with van der Waals surface area (Å²) in [7, 11) is 0. The van der Waals surface area contributed by atoms with Gasteiger partial charge in [-0.1, -0.05) is 13.3 Å². The van der Waals surface area contributed by atoms with Crippen LogP contribution in [-0.2, 0) is 28.6 Å². The fourth-order valence-corrected chi connectivity index (χ4v) is 0.865. The van der Waals surface area contributed by atoms with Gasteiger partial charge < -0.3 is 19.3 Å². The highest BCUT2D eigenvalue weighted by Crippen LogP contribution is 1.96. The number of carboxylic acid groups (broad SMARTS) is 1. The molecule has 126 valence electrons. The molecule has 0 aliphatic heterocycles. The molecule has 1 N–H and O–H groups in total. The van der Waals surface area contributed by atoms with Gasteiger partial charge in [0.05, 0.1) is 13.2 Å². The van der Waals surface area contributed by atoms with Crippen molar-refractivity contribution in [2.45, 2.75) is 60.7 Å². The molecule has 0 aliphatic rings. The number of ether oxygens (including phenoxy) is 3. The van der Waals surface area contributed by atoms with E-state index in [0.29, 0.717) is 13.2 Å². The van der Waals surface area contributed by atoms with Crippen LogP contribution in [0.4, 0.5) is 0 Å². The molecule has 0 fully saturated rings. The van der Waals surface area contributed by atoms with Gasteiger partial charge in [0, 0.05) is 20.8 Å². The van der Waals surface area contributed by atoms with Gasteiger partial charge >= 0.3 is 11.9 Å². The number of carbonyl (C=O) groups is 3. The lowest BCUT2D eigenvalue weighted by molar-refractivity contribution is -0.172. The van der Waals surface area contributed by atoms with E-state index in [4.69, 9.17) is 19.4 Å². The van der Waals surface area contributed by atoms with Crippen LogP contribution in [-0.4, -0.2) is 42.5 Å². The molecule has 0 amide bonds. The highest BCUT2D eigenvalue weighted by molar-refractivity contribution is 5.66. The van der Waals surface area contributed by atoms with Crippen LogP contribution in [0, 0.1) is 0 Å². The quantitative estimate of drug-likeness (QED) is 0.457. The second-order valence-corrected chi connectivity index (χ2v) is 3.85. The van der Waals surface area contributed by atoms with E-state index in [9.17, 15) is 9.59 Å². The normalized spacial score (nSPS) is 10.0. The molecule has 0 aliphatic carbocycles. The summed E-state index contributed by atoms with van der Waals surface area (Å²) in [6.45, 7) is 10.6. The zero-order valence-electron chi connectivity index (χ0n) is 13.8. The summed E-state index contributed by atoms with van der Waals surface area (Å²) in [6, 6.07) is 0. The van der Waals surface area contributed by atoms with Crippen LogP contribution in [0.2, 0.25) is 0 Å².